The molecule has 1 atom stereocenters. The Balaban J connectivity index is 2.70. The first-order valence-electron chi connectivity index (χ1n) is 6.93. The van der Waals surface area contributed by atoms with E-state index in [1.54, 1.807) is 14.0 Å². The molecule has 0 saturated carbocycles. The molecule has 0 heterocycles. The van der Waals surface area contributed by atoms with Crippen LogP contribution in [0.1, 0.15) is 26.3 Å². The number of hydrogen-bond donors (Lipinski definition) is 2. The van der Waals surface area contributed by atoms with E-state index in [1.807, 2.05) is 39.0 Å². The molecule has 1 aromatic carbocycles. The number of benzene rings is 1. The van der Waals surface area contributed by atoms with Gasteiger partial charge in [0, 0.05) is 0 Å². The van der Waals surface area contributed by atoms with Crippen molar-refractivity contribution >= 4 is 11.6 Å². The highest BCUT2D eigenvalue weighted by molar-refractivity contribution is 5.82. The van der Waals surface area contributed by atoms with Crippen molar-refractivity contribution in [2.75, 3.05) is 19.0 Å². The number of carbonyl (C=O) groups excluding carboxylic acids is 1. The molecule has 1 rings (SSSR count). The van der Waals surface area contributed by atoms with E-state index >= 15 is 0 Å². The van der Waals surface area contributed by atoms with Crippen molar-refractivity contribution in [2.45, 2.75) is 33.2 Å². The Hall–Kier alpha value is -2.22. The first kappa shape index (κ1) is 16.8. The number of nitrogens with zero attached hydrogens (tertiary/aromatic N) is 1. The number of nitrogens with one attached hydrogen (secondary N) is 2. The van der Waals surface area contributed by atoms with Gasteiger partial charge in [0.05, 0.1) is 25.4 Å². The van der Waals surface area contributed by atoms with E-state index in [-0.39, 0.29) is 18.4 Å². The quantitative estimate of drug-likeness (QED) is 0.843. The van der Waals surface area contributed by atoms with E-state index in [9.17, 15) is 10.1 Å². The summed E-state index contributed by atoms with van der Waals surface area (Å²) in [5.41, 5.74) is 0.966. The minimum atomic E-state index is -0.866. The lowest BCUT2D eigenvalue weighted by Gasteiger charge is -2.27. The Morgan fingerprint density at radius 3 is 2.67 bits per heavy atom. The van der Waals surface area contributed by atoms with E-state index in [0.29, 0.717) is 5.75 Å². The van der Waals surface area contributed by atoms with Gasteiger partial charge in [-0.25, -0.2) is 0 Å². The third kappa shape index (κ3) is 4.38. The standard InChI is InChI=1S/C16H23N3O2/c1-11(2)16(4,10-17)19-15(20)9-18-13-8-12(3)6-7-14(13)21-5/h6-8,11,18H,9H2,1-5H3,(H,19,20). The maximum atomic E-state index is 12.0. The molecule has 1 amide bonds. The van der Waals surface area contributed by atoms with E-state index in [1.165, 1.54) is 0 Å². The van der Waals surface area contributed by atoms with Crippen LogP contribution in [0.15, 0.2) is 18.2 Å². The van der Waals surface area contributed by atoms with Crippen molar-refractivity contribution in [3.05, 3.63) is 23.8 Å². The maximum Gasteiger partial charge on any atom is 0.240 e. The van der Waals surface area contributed by atoms with Gasteiger partial charge in [0.1, 0.15) is 11.3 Å². The minimum Gasteiger partial charge on any atom is -0.495 e. The lowest BCUT2D eigenvalue weighted by atomic mass is 9.90. The molecule has 5 nitrogen and oxygen atoms in total. The summed E-state index contributed by atoms with van der Waals surface area (Å²) in [5.74, 6) is 0.483. The zero-order valence-corrected chi connectivity index (χ0v) is 13.3. The predicted octanol–water partition coefficient (Wildman–Crippen LogP) is 2.47. The molecule has 21 heavy (non-hydrogen) atoms. The average molecular weight is 289 g/mol. The van der Waals surface area contributed by atoms with Crippen LogP contribution in [0.2, 0.25) is 0 Å². The molecule has 114 valence electrons. The van der Waals surface area contributed by atoms with Gasteiger partial charge >= 0.3 is 0 Å². The summed E-state index contributed by atoms with van der Waals surface area (Å²) >= 11 is 0. The molecule has 2 N–H and O–H groups in total. The zero-order valence-electron chi connectivity index (χ0n) is 13.3. The Morgan fingerprint density at radius 1 is 1.48 bits per heavy atom. The highest BCUT2D eigenvalue weighted by Gasteiger charge is 2.29. The molecule has 0 aliphatic heterocycles. The number of aryl methyl sites for hydroxylation is 1. The van der Waals surface area contributed by atoms with Crippen LogP contribution in [-0.4, -0.2) is 25.1 Å². The minimum absolute atomic E-state index is 0.0277. The van der Waals surface area contributed by atoms with Crippen LogP contribution >= 0.6 is 0 Å². The Kier molecular flexibility index (Phi) is 5.60. The highest BCUT2D eigenvalue weighted by Crippen LogP contribution is 2.24. The van der Waals surface area contributed by atoms with E-state index in [2.05, 4.69) is 16.7 Å². The molecular weight excluding hydrogens is 266 g/mol. The SMILES string of the molecule is COc1ccc(C)cc1NCC(=O)NC(C)(C#N)C(C)C. The summed E-state index contributed by atoms with van der Waals surface area (Å²) in [7, 11) is 1.58. The molecular formula is C16H23N3O2. The number of ether oxygens (including phenoxy) is 1. The molecule has 1 aromatic rings. The molecule has 0 aliphatic rings. The number of carbonyl (C=O) groups is 1. The first-order chi connectivity index (χ1) is 9.82. The lowest BCUT2D eigenvalue weighted by molar-refractivity contribution is -0.121. The number of amides is 1. The summed E-state index contributed by atoms with van der Waals surface area (Å²) in [4.78, 5) is 12.0. The van der Waals surface area contributed by atoms with Crippen LogP contribution in [0.5, 0.6) is 5.75 Å². The molecule has 0 spiro atoms. The summed E-state index contributed by atoms with van der Waals surface area (Å²) in [5, 5.41) is 15.0. The van der Waals surface area contributed by atoms with Crippen molar-refractivity contribution in [3.63, 3.8) is 0 Å². The monoisotopic (exact) mass is 289 g/mol. The van der Waals surface area contributed by atoms with Gasteiger partial charge in [-0.05, 0) is 37.5 Å². The number of nitriles is 1. The van der Waals surface area contributed by atoms with Crippen molar-refractivity contribution in [1.82, 2.24) is 5.32 Å². The van der Waals surface area contributed by atoms with Gasteiger partial charge in [-0.2, -0.15) is 5.26 Å². The number of hydrogen-bond acceptors (Lipinski definition) is 4. The summed E-state index contributed by atoms with van der Waals surface area (Å²) in [6.45, 7) is 7.59. The van der Waals surface area contributed by atoms with Gasteiger partial charge in [-0.15, -0.1) is 0 Å². The van der Waals surface area contributed by atoms with Crippen LogP contribution in [0, 0.1) is 24.2 Å². The lowest BCUT2D eigenvalue weighted by Crippen LogP contribution is -2.50. The highest BCUT2D eigenvalue weighted by atomic mass is 16.5. The molecule has 0 radical (unpaired) electrons. The average Bonchev–Trinajstić information content (AvgIpc) is 2.44. The smallest absolute Gasteiger partial charge is 0.240 e. The molecule has 0 aliphatic carbocycles. The van der Waals surface area contributed by atoms with Crippen molar-refractivity contribution < 1.29 is 9.53 Å². The second-order valence-electron chi connectivity index (χ2n) is 5.57. The van der Waals surface area contributed by atoms with Gasteiger partial charge in [-0.1, -0.05) is 19.9 Å². The number of methoxy groups -OCH3 is 1. The predicted molar refractivity (Wildman–Crippen MR) is 83.2 cm³/mol. The fourth-order valence-electron chi connectivity index (χ4n) is 1.77. The summed E-state index contributed by atoms with van der Waals surface area (Å²) in [6, 6.07) is 7.86. The molecule has 0 bridgehead atoms. The van der Waals surface area contributed by atoms with Gasteiger partial charge in [0.2, 0.25) is 5.91 Å². The third-order valence-corrected chi connectivity index (χ3v) is 3.58. The van der Waals surface area contributed by atoms with Crippen molar-refractivity contribution in [2.24, 2.45) is 5.92 Å². The Morgan fingerprint density at radius 2 is 2.14 bits per heavy atom. The van der Waals surface area contributed by atoms with E-state index in [4.69, 9.17) is 4.74 Å². The number of rotatable bonds is 6. The van der Waals surface area contributed by atoms with E-state index in [0.717, 1.165) is 11.3 Å². The maximum absolute atomic E-state index is 12.0. The second-order valence-corrected chi connectivity index (χ2v) is 5.57. The van der Waals surface area contributed by atoms with Crippen LogP contribution in [0.25, 0.3) is 0 Å². The second kappa shape index (κ2) is 6.98. The van der Waals surface area contributed by atoms with Gasteiger partial charge in [0.15, 0.2) is 0 Å². The normalized spacial score (nSPS) is 13.2. The van der Waals surface area contributed by atoms with Crippen LogP contribution in [0.4, 0.5) is 5.69 Å². The summed E-state index contributed by atoms with van der Waals surface area (Å²) < 4.78 is 5.25. The molecule has 1 unspecified atom stereocenters. The number of anilines is 1. The van der Waals surface area contributed by atoms with Crippen LogP contribution < -0.4 is 15.4 Å². The Bertz CT molecular complexity index is 549. The topological polar surface area (TPSA) is 74.2 Å². The fourth-order valence-corrected chi connectivity index (χ4v) is 1.77. The van der Waals surface area contributed by atoms with Gasteiger partial charge in [0.25, 0.3) is 0 Å². The molecule has 0 saturated heterocycles. The first-order valence-corrected chi connectivity index (χ1v) is 6.93. The molecule has 0 aromatic heterocycles. The van der Waals surface area contributed by atoms with Gasteiger partial charge < -0.3 is 15.4 Å². The largest absolute Gasteiger partial charge is 0.495 e. The molecule has 5 heteroatoms. The van der Waals surface area contributed by atoms with Gasteiger partial charge in [-0.3, -0.25) is 4.79 Å². The fraction of sp³-hybridized carbons (Fsp3) is 0.500. The third-order valence-electron chi connectivity index (χ3n) is 3.58. The summed E-state index contributed by atoms with van der Waals surface area (Å²) in [6.07, 6.45) is 0. The molecule has 0 fully saturated rings. The zero-order chi connectivity index (χ0) is 16.0. The van der Waals surface area contributed by atoms with Crippen LogP contribution in [0.3, 0.4) is 0 Å². The van der Waals surface area contributed by atoms with Crippen molar-refractivity contribution in [1.29, 1.82) is 5.26 Å². The van der Waals surface area contributed by atoms with Crippen LogP contribution in [-0.2, 0) is 4.79 Å². The van der Waals surface area contributed by atoms with Crippen molar-refractivity contribution in [3.8, 4) is 11.8 Å². The Labute approximate surface area is 126 Å². The van der Waals surface area contributed by atoms with E-state index < -0.39 is 5.54 Å².